The molecule has 9 nitrogen and oxygen atoms in total. The predicted molar refractivity (Wildman–Crippen MR) is 86.1 cm³/mol. The Labute approximate surface area is 137 Å². The molecule has 0 spiro atoms. The van der Waals surface area contributed by atoms with Gasteiger partial charge in [-0.1, -0.05) is 0 Å². The zero-order chi connectivity index (χ0) is 16.9. The van der Waals surface area contributed by atoms with Crippen molar-refractivity contribution < 1.29 is 14.5 Å². The summed E-state index contributed by atoms with van der Waals surface area (Å²) in [6.45, 7) is 2.66. The van der Waals surface area contributed by atoms with Crippen LogP contribution in [0.15, 0.2) is 36.7 Å². The third-order valence-electron chi connectivity index (χ3n) is 3.56. The number of nitro groups is 1. The van der Waals surface area contributed by atoms with Gasteiger partial charge in [0.1, 0.15) is 17.8 Å². The molecule has 0 atom stereocenters. The van der Waals surface area contributed by atoms with Crippen LogP contribution < -0.4 is 10.2 Å². The van der Waals surface area contributed by atoms with E-state index in [2.05, 4.69) is 15.3 Å². The normalized spacial score (nSPS) is 14.2. The third kappa shape index (κ3) is 3.63. The van der Waals surface area contributed by atoms with E-state index in [1.54, 1.807) is 6.07 Å². The van der Waals surface area contributed by atoms with Crippen molar-refractivity contribution >= 4 is 23.1 Å². The number of amides is 1. The fourth-order valence-electron chi connectivity index (χ4n) is 2.30. The molecule has 24 heavy (non-hydrogen) atoms. The van der Waals surface area contributed by atoms with Crippen LogP contribution in [0, 0.1) is 10.1 Å². The summed E-state index contributed by atoms with van der Waals surface area (Å²) in [4.78, 5) is 32.6. The lowest BCUT2D eigenvalue weighted by Gasteiger charge is -2.27. The molecule has 1 N–H and O–H groups in total. The van der Waals surface area contributed by atoms with E-state index in [1.165, 1.54) is 30.6 Å². The van der Waals surface area contributed by atoms with Crippen molar-refractivity contribution in [3.8, 4) is 0 Å². The minimum absolute atomic E-state index is 0.0374. The van der Waals surface area contributed by atoms with Crippen LogP contribution >= 0.6 is 0 Å². The first kappa shape index (κ1) is 15.8. The Morgan fingerprint density at radius 2 is 1.92 bits per heavy atom. The molecule has 1 aliphatic rings. The van der Waals surface area contributed by atoms with Crippen molar-refractivity contribution in [3.05, 3.63) is 52.5 Å². The summed E-state index contributed by atoms with van der Waals surface area (Å²) in [5.41, 5.74) is 0.645. The highest BCUT2D eigenvalue weighted by molar-refractivity contribution is 6.03. The zero-order valence-corrected chi connectivity index (χ0v) is 12.7. The molecule has 2 heterocycles. The van der Waals surface area contributed by atoms with Crippen LogP contribution in [0.4, 0.5) is 17.2 Å². The summed E-state index contributed by atoms with van der Waals surface area (Å²) in [6, 6.07) is 7.22. The van der Waals surface area contributed by atoms with Gasteiger partial charge >= 0.3 is 0 Å². The molecule has 1 aromatic heterocycles. The standard InChI is InChI=1S/C15H15N5O4/c21-15(18-11-1-3-12(4-2-11)20(22)23)13-9-14(17-10-16-13)19-5-7-24-8-6-19/h1-4,9-10H,5-8H2,(H,18,21). The molecule has 1 amide bonds. The topological polar surface area (TPSA) is 110 Å². The number of ether oxygens (including phenoxy) is 1. The van der Waals surface area contributed by atoms with E-state index < -0.39 is 10.8 Å². The maximum Gasteiger partial charge on any atom is 0.274 e. The molecule has 0 unspecified atom stereocenters. The largest absolute Gasteiger partial charge is 0.378 e. The average Bonchev–Trinajstić information content (AvgIpc) is 2.63. The lowest BCUT2D eigenvalue weighted by molar-refractivity contribution is -0.384. The summed E-state index contributed by atoms with van der Waals surface area (Å²) in [5.74, 6) is 0.267. The highest BCUT2D eigenvalue weighted by Gasteiger charge is 2.16. The fraction of sp³-hybridized carbons (Fsp3) is 0.267. The molecule has 0 aliphatic carbocycles. The van der Waals surface area contributed by atoms with Crippen LogP contribution in [0.1, 0.15) is 10.5 Å². The first-order valence-electron chi connectivity index (χ1n) is 7.34. The molecule has 1 saturated heterocycles. The van der Waals surface area contributed by atoms with Crippen molar-refractivity contribution in [1.82, 2.24) is 9.97 Å². The van der Waals surface area contributed by atoms with Gasteiger partial charge in [-0.25, -0.2) is 9.97 Å². The SMILES string of the molecule is O=C(Nc1ccc([N+](=O)[O-])cc1)c1cc(N2CCOCC2)ncn1. The Morgan fingerprint density at radius 1 is 1.21 bits per heavy atom. The number of non-ortho nitro benzene ring substituents is 1. The van der Waals surface area contributed by atoms with Crippen molar-refractivity contribution in [2.24, 2.45) is 0 Å². The number of aromatic nitrogens is 2. The minimum Gasteiger partial charge on any atom is -0.378 e. The third-order valence-corrected chi connectivity index (χ3v) is 3.56. The lowest BCUT2D eigenvalue weighted by atomic mass is 10.2. The molecule has 0 radical (unpaired) electrons. The molecule has 1 fully saturated rings. The van der Waals surface area contributed by atoms with Crippen molar-refractivity contribution in [1.29, 1.82) is 0 Å². The minimum atomic E-state index is -0.495. The summed E-state index contributed by atoms with van der Waals surface area (Å²) in [5, 5.41) is 13.3. The first-order chi connectivity index (χ1) is 11.6. The summed E-state index contributed by atoms with van der Waals surface area (Å²) >= 11 is 0. The Hall–Kier alpha value is -3.07. The van der Waals surface area contributed by atoms with Gasteiger partial charge in [0.2, 0.25) is 0 Å². The second kappa shape index (κ2) is 7.01. The van der Waals surface area contributed by atoms with Gasteiger partial charge in [-0.05, 0) is 12.1 Å². The lowest BCUT2D eigenvalue weighted by Crippen LogP contribution is -2.37. The second-order valence-electron chi connectivity index (χ2n) is 5.12. The van der Waals surface area contributed by atoms with Gasteiger partial charge in [0.25, 0.3) is 11.6 Å². The quantitative estimate of drug-likeness (QED) is 0.668. The number of hydrogen-bond donors (Lipinski definition) is 1. The van der Waals surface area contributed by atoms with Gasteiger partial charge in [0.15, 0.2) is 0 Å². The molecule has 1 aromatic carbocycles. The monoisotopic (exact) mass is 329 g/mol. The first-order valence-corrected chi connectivity index (χ1v) is 7.34. The molecule has 0 saturated carbocycles. The molecule has 1 aliphatic heterocycles. The van der Waals surface area contributed by atoms with Gasteiger partial charge in [-0.2, -0.15) is 0 Å². The summed E-state index contributed by atoms with van der Waals surface area (Å²) in [7, 11) is 0. The number of rotatable bonds is 4. The number of nitrogens with one attached hydrogen (secondary N) is 1. The highest BCUT2D eigenvalue weighted by atomic mass is 16.6. The highest BCUT2D eigenvalue weighted by Crippen LogP contribution is 2.17. The van der Waals surface area contributed by atoms with Crippen LogP contribution in [-0.2, 0) is 4.74 Å². The van der Waals surface area contributed by atoms with E-state index in [4.69, 9.17) is 4.74 Å². The van der Waals surface area contributed by atoms with Crippen LogP contribution in [0.25, 0.3) is 0 Å². The second-order valence-corrected chi connectivity index (χ2v) is 5.12. The number of carbonyl (C=O) groups excluding carboxylic acids is 1. The maximum atomic E-state index is 12.3. The number of nitro benzene ring substituents is 1. The molecule has 3 rings (SSSR count). The number of carbonyl (C=O) groups is 1. The van der Waals surface area contributed by atoms with E-state index >= 15 is 0 Å². The maximum absolute atomic E-state index is 12.3. The van der Waals surface area contributed by atoms with Crippen molar-refractivity contribution in [2.75, 3.05) is 36.5 Å². The van der Waals surface area contributed by atoms with Crippen LogP contribution in [0.2, 0.25) is 0 Å². The van der Waals surface area contributed by atoms with E-state index in [9.17, 15) is 14.9 Å². The number of morpholine rings is 1. The Balaban J connectivity index is 1.71. The molecular weight excluding hydrogens is 314 g/mol. The number of hydrogen-bond acceptors (Lipinski definition) is 7. The van der Waals surface area contributed by atoms with Crippen LogP contribution in [-0.4, -0.2) is 47.1 Å². The number of benzene rings is 1. The van der Waals surface area contributed by atoms with Gasteiger partial charge < -0.3 is 15.0 Å². The molecule has 124 valence electrons. The van der Waals surface area contributed by atoms with Crippen molar-refractivity contribution in [2.45, 2.75) is 0 Å². The van der Waals surface area contributed by atoms with E-state index in [0.717, 1.165) is 0 Å². The summed E-state index contributed by atoms with van der Waals surface area (Å²) in [6.07, 6.45) is 1.34. The van der Waals surface area contributed by atoms with Gasteiger partial charge in [-0.3, -0.25) is 14.9 Å². The average molecular weight is 329 g/mol. The van der Waals surface area contributed by atoms with E-state index in [0.29, 0.717) is 37.8 Å². The Bertz CT molecular complexity index is 744. The zero-order valence-electron chi connectivity index (χ0n) is 12.7. The molecule has 2 aromatic rings. The van der Waals surface area contributed by atoms with Gasteiger partial charge in [0.05, 0.1) is 18.1 Å². The number of nitrogens with zero attached hydrogens (tertiary/aromatic N) is 4. The van der Waals surface area contributed by atoms with Crippen molar-refractivity contribution in [3.63, 3.8) is 0 Å². The fourth-order valence-corrected chi connectivity index (χ4v) is 2.30. The van der Waals surface area contributed by atoms with E-state index in [1.807, 2.05) is 4.90 Å². The number of anilines is 2. The van der Waals surface area contributed by atoms with Crippen LogP contribution in [0.5, 0.6) is 0 Å². The van der Waals surface area contributed by atoms with Crippen LogP contribution in [0.3, 0.4) is 0 Å². The summed E-state index contributed by atoms with van der Waals surface area (Å²) < 4.78 is 5.29. The molecule has 0 bridgehead atoms. The van der Waals surface area contributed by atoms with E-state index in [-0.39, 0.29) is 11.4 Å². The Kier molecular flexibility index (Phi) is 4.62. The molecule has 9 heteroatoms. The molecular formula is C15H15N5O4. The smallest absolute Gasteiger partial charge is 0.274 e. The van der Waals surface area contributed by atoms with Gasteiger partial charge in [0, 0.05) is 37.0 Å². The van der Waals surface area contributed by atoms with Gasteiger partial charge in [-0.15, -0.1) is 0 Å². The predicted octanol–water partition coefficient (Wildman–Crippen LogP) is 1.47. The Morgan fingerprint density at radius 3 is 2.58 bits per heavy atom.